The summed E-state index contributed by atoms with van der Waals surface area (Å²) in [7, 11) is 0. The van der Waals surface area contributed by atoms with Gasteiger partial charge in [0.05, 0.1) is 16.1 Å². The number of hydrogen-bond acceptors (Lipinski definition) is 6. The molecule has 1 aromatic heterocycles. The monoisotopic (exact) mass is 612 g/mol. The van der Waals surface area contributed by atoms with Crippen molar-refractivity contribution >= 4 is 46.2 Å². The number of aromatic nitrogens is 2. The summed E-state index contributed by atoms with van der Waals surface area (Å²) in [6.07, 6.45) is -4.71. The van der Waals surface area contributed by atoms with Gasteiger partial charge in [-0.3, -0.25) is 4.57 Å². The Morgan fingerprint density at radius 1 is 1.15 bits per heavy atom. The summed E-state index contributed by atoms with van der Waals surface area (Å²) in [5.41, 5.74) is -1.86. The summed E-state index contributed by atoms with van der Waals surface area (Å²) in [6.45, 7) is 8.14. The summed E-state index contributed by atoms with van der Waals surface area (Å²) in [5, 5.41) is -0.109. The largest absolute Gasteiger partial charge is 0.444 e. The molecule has 0 radical (unpaired) electrons. The second-order valence-corrected chi connectivity index (χ2v) is 12.7. The van der Waals surface area contributed by atoms with Crippen molar-refractivity contribution in [1.29, 1.82) is 0 Å². The first-order chi connectivity index (χ1) is 19.2. The predicted octanol–water partition coefficient (Wildman–Crippen LogP) is 6.82. The minimum atomic E-state index is -4.77. The third kappa shape index (κ3) is 5.73. The maximum absolute atomic E-state index is 14.7. The molecule has 2 aliphatic rings. The van der Waals surface area contributed by atoms with E-state index in [0.29, 0.717) is 24.2 Å². The second-order valence-electron chi connectivity index (χ2n) is 11.2. The van der Waals surface area contributed by atoms with Gasteiger partial charge in [0.25, 0.3) is 0 Å². The van der Waals surface area contributed by atoms with Crippen LogP contribution in [0.3, 0.4) is 0 Å². The zero-order chi connectivity index (χ0) is 29.9. The van der Waals surface area contributed by atoms with Gasteiger partial charge in [0, 0.05) is 48.1 Å². The number of amides is 1. The lowest BCUT2D eigenvalue weighted by Crippen LogP contribution is -2.55. The first kappa shape index (κ1) is 29.5. The SMILES string of the molecule is CC1CN(C(=O)OC(C)(C)C)CCN1c1nc(=O)n2c3c(c(-c4ccc(F)c(Cl)c4)c(C(F)(F)F)cc13)SCCC2. The zero-order valence-corrected chi connectivity index (χ0v) is 24.5. The third-order valence-electron chi connectivity index (χ3n) is 7.04. The van der Waals surface area contributed by atoms with E-state index in [1.807, 2.05) is 6.92 Å². The predicted molar refractivity (Wildman–Crippen MR) is 151 cm³/mol. The van der Waals surface area contributed by atoms with Gasteiger partial charge in [-0.2, -0.15) is 18.2 Å². The number of hydrogen-bond donors (Lipinski definition) is 0. The number of nitrogens with zero attached hydrogens (tertiary/aromatic N) is 4. The number of rotatable bonds is 2. The van der Waals surface area contributed by atoms with Crippen LogP contribution in [-0.4, -0.2) is 57.6 Å². The molecule has 2 aromatic carbocycles. The molecule has 0 aliphatic carbocycles. The first-order valence-electron chi connectivity index (χ1n) is 13.2. The number of benzene rings is 2. The van der Waals surface area contributed by atoms with E-state index in [0.717, 1.165) is 12.1 Å². The van der Waals surface area contributed by atoms with Gasteiger partial charge in [0.1, 0.15) is 17.2 Å². The number of carbonyl (C=O) groups excluding carboxylic acids is 1. The number of thioether (sulfide) groups is 1. The van der Waals surface area contributed by atoms with Gasteiger partial charge >= 0.3 is 18.0 Å². The highest BCUT2D eigenvalue weighted by Gasteiger charge is 2.39. The van der Waals surface area contributed by atoms with E-state index in [-0.39, 0.29) is 57.9 Å². The summed E-state index contributed by atoms with van der Waals surface area (Å²) >= 11 is 7.21. The van der Waals surface area contributed by atoms with Crippen molar-refractivity contribution < 1.29 is 27.1 Å². The van der Waals surface area contributed by atoms with Crippen LogP contribution in [0, 0.1) is 5.82 Å². The Morgan fingerprint density at radius 3 is 2.51 bits per heavy atom. The van der Waals surface area contributed by atoms with Crippen LogP contribution in [-0.2, 0) is 17.5 Å². The average Bonchev–Trinajstić information content (AvgIpc) is 3.10. The molecule has 220 valence electrons. The normalized spacial score (nSPS) is 18.0. The number of aryl methyl sites for hydroxylation is 1. The molecule has 41 heavy (non-hydrogen) atoms. The van der Waals surface area contributed by atoms with E-state index in [1.54, 1.807) is 30.6 Å². The number of carbonyl (C=O) groups is 1. The molecule has 5 rings (SSSR count). The highest BCUT2D eigenvalue weighted by atomic mass is 35.5. The molecule has 1 saturated heterocycles. The van der Waals surface area contributed by atoms with Crippen LogP contribution in [0.25, 0.3) is 22.0 Å². The molecule has 0 N–H and O–H groups in total. The molecular weight excluding hydrogens is 584 g/mol. The molecule has 1 fully saturated rings. The summed E-state index contributed by atoms with van der Waals surface area (Å²) in [5.74, 6) is -0.138. The minimum absolute atomic E-state index is 0.103. The van der Waals surface area contributed by atoms with Gasteiger partial charge < -0.3 is 14.5 Å². The number of halogens is 5. The average molecular weight is 613 g/mol. The van der Waals surface area contributed by atoms with E-state index in [4.69, 9.17) is 16.3 Å². The Balaban J connectivity index is 1.71. The molecule has 13 heteroatoms. The van der Waals surface area contributed by atoms with E-state index in [2.05, 4.69) is 4.98 Å². The fraction of sp³-hybridized carbons (Fsp3) is 0.464. The first-order valence-corrected chi connectivity index (χ1v) is 14.5. The fourth-order valence-corrected chi connectivity index (χ4v) is 6.67. The Hall–Kier alpha value is -2.99. The van der Waals surface area contributed by atoms with Crippen LogP contribution in [0.5, 0.6) is 0 Å². The maximum Gasteiger partial charge on any atom is 0.417 e. The molecule has 1 amide bonds. The molecule has 7 nitrogen and oxygen atoms in total. The van der Waals surface area contributed by atoms with E-state index in [9.17, 15) is 27.2 Å². The van der Waals surface area contributed by atoms with Gasteiger partial charge in [0.2, 0.25) is 0 Å². The second kappa shape index (κ2) is 10.7. The lowest BCUT2D eigenvalue weighted by atomic mass is 9.96. The Kier molecular flexibility index (Phi) is 7.69. The van der Waals surface area contributed by atoms with Crippen molar-refractivity contribution in [3.8, 4) is 11.1 Å². The third-order valence-corrected chi connectivity index (χ3v) is 8.50. The van der Waals surface area contributed by atoms with Crippen molar-refractivity contribution in [2.24, 2.45) is 0 Å². The van der Waals surface area contributed by atoms with Crippen molar-refractivity contribution in [3.63, 3.8) is 0 Å². The summed E-state index contributed by atoms with van der Waals surface area (Å²) in [4.78, 5) is 33.9. The molecule has 1 unspecified atom stereocenters. The van der Waals surface area contributed by atoms with Gasteiger partial charge in [-0.1, -0.05) is 17.7 Å². The van der Waals surface area contributed by atoms with Crippen molar-refractivity contribution in [1.82, 2.24) is 14.5 Å². The van der Waals surface area contributed by atoms with Gasteiger partial charge in [0.15, 0.2) is 0 Å². The van der Waals surface area contributed by atoms with Crippen LogP contribution in [0.4, 0.5) is 28.2 Å². The van der Waals surface area contributed by atoms with Gasteiger partial charge in [-0.05, 0) is 63.6 Å². The summed E-state index contributed by atoms with van der Waals surface area (Å²) < 4.78 is 65.0. The van der Waals surface area contributed by atoms with Gasteiger partial charge in [-0.25, -0.2) is 14.0 Å². The lowest BCUT2D eigenvalue weighted by Gasteiger charge is -2.41. The Morgan fingerprint density at radius 2 is 1.88 bits per heavy atom. The highest BCUT2D eigenvalue weighted by molar-refractivity contribution is 7.99. The molecule has 3 aromatic rings. The zero-order valence-electron chi connectivity index (χ0n) is 22.9. The molecular formula is C28H29ClF4N4O3S. The smallest absolute Gasteiger partial charge is 0.417 e. The van der Waals surface area contributed by atoms with E-state index in [1.165, 1.54) is 28.5 Å². The molecule has 0 saturated carbocycles. The van der Waals surface area contributed by atoms with Gasteiger partial charge in [-0.15, -0.1) is 11.8 Å². The molecule has 1 atom stereocenters. The molecule has 0 spiro atoms. The Bertz CT molecular complexity index is 1590. The van der Waals surface area contributed by atoms with Crippen molar-refractivity contribution in [2.45, 2.75) is 63.4 Å². The van der Waals surface area contributed by atoms with E-state index < -0.39 is 34.9 Å². The van der Waals surface area contributed by atoms with Crippen LogP contribution < -0.4 is 10.6 Å². The number of ether oxygens (including phenoxy) is 1. The standard InChI is InChI=1S/C28H29ClF4N4O3S/c1-15-14-35(26(39)40-27(2,3)4)9-10-36(15)24-17-13-18(28(31,32)33)21(16-6-7-20(30)19(29)12-16)23-22(17)37(25(38)34-24)8-5-11-41-23/h6-7,12-13,15H,5,8-11,14H2,1-4H3. The van der Waals surface area contributed by atoms with Crippen molar-refractivity contribution in [3.05, 3.63) is 51.2 Å². The Labute approximate surface area is 243 Å². The maximum atomic E-state index is 14.7. The quantitative estimate of drug-likeness (QED) is 0.296. The van der Waals surface area contributed by atoms with Crippen LogP contribution in [0.1, 0.15) is 39.7 Å². The highest BCUT2D eigenvalue weighted by Crippen LogP contribution is 2.48. The van der Waals surface area contributed by atoms with Crippen LogP contribution in [0.15, 0.2) is 34.0 Å². The summed E-state index contributed by atoms with van der Waals surface area (Å²) in [6, 6.07) is 4.14. The molecule has 0 bridgehead atoms. The van der Waals surface area contributed by atoms with Crippen molar-refractivity contribution in [2.75, 3.05) is 30.3 Å². The molecule has 2 aliphatic heterocycles. The topological polar surface area (TPSA) is 67.7 Å². The van der Waals surface area contributed by atoms with E-state index >= 15 is 0 Å². The number of anilines is 1. The lowest BCUT2D eigenvalue weighted by molar-refractivity contribution is -0.137. The molecule has 3 heterocycles. The van der Waals surface area contributed by atoms with Crippen LogP contribution in [0.2, 0.25) is 5.02 Å². The number of piperazine rings is 1. The fourth-order valence-electron chi connectivity index (χ4n) is 5.28. The minimum Gasteiger partial charge on any atom is -0.444 e. The van der Waals surface area contributed by atoms with Crippen LogP contribution >= 0.6 is 23.4 Å². The number of alkyl halides is 3.